The molecule has 1 rings (SSSR count). The summed E-state index contributed by atoms with van der Waals surface area (Å²) in [4.78, 5) is 106. The van der Waals surface area contributed by atoms with Crippen molar-refractivity contribution >= 4 is 47.4 Å². The molecule has 294 valence electrons. The number of aliphatic imine (C=N–C) groups is 1. The highest BCUT2D eigenvalue weighted by Gasteiger charge is 2.46. The number of ether oxygens (including phenoxy) is 1. The number of guanidine groups is 1. The highest BCUT2D eigenvalue weighted by Crippen LogP contribution is 2.22. The Morgan fingerprint density at radius 2 is 1.69 bits per heavy atom. The van der Waals surface area contributed by atoms with Crippen LogP contribution in [0.4, 0.5) is 0 Å². The van der Waals surface area contributed by atoms with Gasteiger partial charge < -0.3 is 59.4 Å². The molecule has 0 spiro atoms. The molecule has 22 heteroatoms. The first-order valence-electron chi connectivity index (χ1n) is 17.0. The molecule has 1 aliphatic heterocycles. The highest BCUT2D eigenvalue weighted by molar-refractivity contribution is 5.97. The Bertz CT molecular complexity index is 1310. The molecule has 1 heterocycles. The van der Waals surface area contributed by atoms with Gasteiger partial charge in [0.05, 0.1) is 18.6 Å². The Labute approximate surface area is 300 Å². The largest absolute Gasteiger partial charge is 0.480 e. The van der Waals surface area contributed by atoms with Gasteiger partial charge in [-0.15, -0.1) is 0 Å². The zero-order valence-corrected chi connectivity index (χ0v) is 29.5. The van der Waals surface area contributed by atoms with E-state index in [4.69, 9.17) is 33.4 Å². The smallest absolute Gasteiger partial charge is 0.326 e. The van der Waals surface area contributed by atoms with E-state index in [-0.39, 0.29) is 39.0 Å². The van der Waals surface area contributed by atoms with E-state index in [1.165, 1.54) is 6.92 Å². The van der Waals surface area contributed by atoms with Crippen LogP contribution in [0.3, 0.4) is 0 Å². The fraction of sp³-hybridized carbons (Fsp3) is 0.733. The van der Waals surface area contributed by atoms with Gasteiger partial charge in [-0.3, -0.25) is 43.9 Å². The molecule has 2 unspecified atom stereocenters. The minimum Gasteiger partial charge on any atom is -0.480 e. The van der Waals surface area contributed by atoms with Crippen LogP contribution in [0.15, 0.2) is 4.99 Å². The third kappa shape index (κ3) is 14.6. The van der Waals surface area contributed by atoms with E-state index in [1.807, 2.05) is 6.92 Å². The van der Waals surface area contributed by atoms with Crippen molar-refractivity contribution in [2.24, 2.45) is 39.6 Å². The van der Waals surface area contributed by atoms with E-state index >= 15 is 0 Å². The van der Waals surface area contributed by atoms with E-state index in [9.17, 15) is 48.8 Å². The SMILES string of the molecule is CCCCOC(=O)C(CC(N)=O)[C@H](N)C(=O)N[C@H](C(=O)N1CCC[C@H]1C(=O)N[C@@H](C)C(=O)N[C@@H](CCCCN)C(=O)O)C(CCN=C(N)N)[N+](=O)[O-]. The average Bonchev–Trinajstić information content (AvgIpc) is 3.57. The zero-order chi connectivity index (χ0) is 39.5. The molecule has 22 nitrogen and oxygen atoms in total. The Balaban J connectivity index is 3.34. The molecule has 1 fully saturated rings. The fourth-order valence-electron chi connectivity index (χ4n) is 5.38. The second kappa shape index (κ2) is 22.6. The van der Waals surface area contributed by atoms with E-state index < -0.39 is 107 Å². The standard InChI is InChI=1S/C30H53N11O11/c1-3-4-14-52-29(49)17(15-21(32)42)22(33)26(45)39-23(19(41(50)51)10-12-36-30(34)35)27(46)40-13-7-9-20(40)25(44)37-16(2)24(43)38-18(28(47)48)8-5-6-11-31/h16-20,22-23H,3-15,31,33H2,1-2H3,(H2,32,42)(H,37,44)(H,38,43)(H,39,45)(H,47,48)(H4,34,35,36)/t16-,17?,18-,19?,20-,22-,23-/m0/s1. The lowest BCUT2D eigenvalue weighted by molar-refractivity contribution is -0.525. The minimum atomic E-state index is -1.98. The Kier molecular flexibility index (Phi) is 19.6. The first-order chi connectivity index (χ1) is 24.5. The minimum absolute atomic E-state index is 0.0398. The summed E-state index contributed by atoms with van der Waals surface area (Å²) in [7, 11) is 0. The molecular formula is C30H53N11O11. The quantitative estimate of drug-likeness (QED) is 0.0114. The number of carboxylic acid groups (broad SMARTS) is 1. The van der Waals surface area contributed by atoms with Crippen molar-refractivity contribution in [2.45, 2.75) is 108 Å². The number of nitro groups is 1. The third-order valence-corrected chi connectivity index (χ3v) is 8.29. The summed E-state index contributed by atoms with van der Waals surface area (Å²) in [6.45, 7) is 3.02. The molecule has 1 aliphatic rings. The number of nitrogens with zero attached hydrogens (tertiary/aromatic N) is 3. The van der Waals surface area contributed by atoms with Crippen molar-refractivity contribution in [1.82, 2.24) is 20.9 Å². The van der Waals surface area contributed by atoms with Crippen molar-refractivity contribution in [2.75, 3.05) is 26.2 Å². The van der Waals surface area contributed by atoms with Gasteiger partial charge in [0, 0.05) is 30.9 Å². The van der Waals surface area contributed by atoms with Gasteiger partial charge in [-0.25, -0.2) is 4.79 Å². The number of carbonyl (C=O) groups excluding carboxylic acids is 6. The molecule has 0 radical (unpaired) electrons. The number of nitrogens with one attached hydrogen (secondary N) is 3. The molecule has 0 saturated carbocycles. The van der Waals surface area contributed by atoms with E-state index in [2.05, 4.69) is 20.9 Å². The number of rotatable bonds is 24. The van der Waals surface area contributed by atoms with Crippen molar-refractivity contribution < 1.29 is 48.3 Å². The molecule has 14 N–H and O–H groups in total. The van der Waals surface area contributed by atoms with E-state index in [1.54, 1.807) is 0 Å². The van der Waals surface area contributed by atoms with E-state index in [0.717, 1.165) is 4.90 Å². The maximum atomic E-state index is 14.1. The van der Waals surface area contributed by atoms with Gasteiger partial charge in [0.25, 0.3) is 5.91 Å². The summed E-state index contributed by atoms with van der Waals surface area (Å²) < 4.78 is 5.12. The maximum Gasteiger partial charge on any atom is 0.326 e. The monoisotopic (exact) mass is 743 g/mol. The lowest BCUT2D eigenvalue weighted by Gasteiger charge is -2.31. The third-order valence-electron chi connectivity index (χ3n) is 8.29. The van der Waals surface area contributed by atoms with Gasteiger partial charge in [0.15, 0.2) is 12.0 Å². The Morgan fingerprint density at radius 1 is 1.02 bits per heavy atom. The van der Waals surface area contributed by atoms with Crippen LogP contribution >= 0.6 is 0 Å². The molecule has 7 atom stereocenters. The first kappa shape index (κ1) is 44.9. The lowest BCUT2D eigenvalue weighted by atomic mass is 9.94. The second-order valence-electron chi connectivity index (χ2n) is 12.4. The van der Waals surface area contributed by atoms with Crippen LogP contribution in [0.1, 0.15) is 71.6 Å². The van der Waals surface area contributed by atoms with Crippen LogP contribution in [0, 0.1) is 16.0 Å². The van der Waals surface area contributed by atoms with E-state index in [0.29, 0.717) is 32.2 Å². The summed E-state index contributed by atoms with van der Waals surface area (Å²) in [5.41, 5.74) is 27.5. The van der Waals surface area contributed by atoms with Gasteiger partial charge in [0.1, 0.15) is 18.1 Å². The average molecular weight is 744 g/mol. The number of amides is 5. The number of hydrogen-bond acceptors (Lipinski definition) is 13. The van der Waals surface area contributed by atoms with Crippen molar-refractivity contribution in [3.63, 3.8) is 0 Å². The van der Waals surface area contributed by atoms with Gasteiger partial charge in [-0.05, 0) is 52.0 Å². The van der Waals surface area contributed by atoms with Gasteiger partial charge >= 0.3 is 11.9 Å². The zero-order valence-electron chi connectivity index (χ0n) is 29.5. The highest BCUT2D eigenvalue weighted by atomic mass is 16.6. The molecule has 52 heavy (non-hydrogen) atoms. The van der Waals surface area contributed by atoms with Crippen molar-refractivity contribution in [3.05, 3.63) is 10.1 Å². The van der Waals surface area contributed by atoms with Crippen molar-refractivity contribution in [1.29, 1.82) is 0 Å². The van der Waals surface area contributed by atoms with Crippen LogP contribution in [-0.4, -0.2) is 125 Å². The molecule has 0 bridgehead atoms. The number of hydrogen-bond donors (Lipinski definition) is 9. The number of likely N-dealkylation sites (tertiary alicyclic amines) is 1. The summed E-state index contributed by atoms with van der Waals surface area (Å²) in [5.74, 6) is -9.20. The predicted molar refractivity (Wildman–Crippen MR) is 184 cm³/mol. The van der Waals surface area contributed by atoms with Crippen LogP contribution in [0.2, 0.25) is 0 Å². The lowest BCUT2D eigenvalue weighted by Crippen LogP contribution is -2.62. The Hall–Kier alpha value is -5.12. The number of esters is 1. The maximum absolute atomic E-state index is 14.1. The number of carboxylic acids is 1. The number of carbonyl (C=O) groups is 7. The molecular weight excluding hydrogens is 690 g/mol. The normalized spacial score (nSPS) is 17.3. The molecule has 0 aromatic heterocycles. The molecule has 0 aromatic rings. The van der Waals surface area contributed by atoms with Gasteiger partial charge in [-0.2, -0.15) is 0 Å². The van der Waals surface area contributed by atoms with Crippen LogP contribution < -0.4 is 44.6 Å². The summed E-state index contributed by atoms with van der Waals surface area (Å²) in [6.07, 6.45) is 1.36. The van der Waals surface area contributed by atoms with Crippen molar-refractivity contribution in [3.8, 4) is 0 Å². The number of nitrogens with two attached hydrogens (primary N) is 5. The topological polar surface area (TPSA) is 374 Å². The summed E-state index contributed by atoms with van der Waals surface area (Å²) >= 11 is 0. The predicted octanol–water partition coefficient (Wildman–Crippen LogP) is -3.86. The van der Waals surface area contributed by atoms with Gasteiger partial charge in [-0.1, -0.05) is 13.3 Å². The Morgan fingerprint density at radius 3 is 2.25 bits per heavy atom. The first-order valence-corrected chi connectivity index (χ1v) is 17.0. The summed E-state index contributed by atoms with van der Waals surface area (Å²) in [5, 5.41) is 28.8. The number of unbranched alkanes of at least 4 members (excludes halogenated alkanes) is 2. The molecule has 1 saturated heterocycles. The van der Waals surface area contributed by atoms with Crippen LogP contribution in [-0.2, 0) is 38.3 Å². The van der Waals surface area contributed by atoms with Crippen LogP contribution in [0.5, 0.6) is 0 Å². The van der Waals surface area contributed by atoms with Gasteiger partial charge in [0.2, 0.25) is 29.7 Å². The molecule has 0 aliphatic carbocycles. The fourth-order valence-corrected chi connectivity index (χ4v) is 5.38. The summed E-state index contributed by atoms with van der Waals surface area (Å²) in [6, 6.07) is -9.44. The van der Waals surface area contributed by atoms with Crippen LogP contribution in [0.25, 0.3) is 0 Å². The second-order valence-corrected chi connectivity index (χ2v) is 12.4. The number of primary amides is 1. The molecule has 5 amide bonds. The number of aliphatic carboxylic acids is 1. The molecule has 0 aromatic carbocycles.